The molecule has 3 nitrogen and oxygen atoms in total. The van der Waals surface area contributed by atoms with Crippen molar-refractivity contribution in [1.29, 1.82) is 5.26 Å². The molecule has 0 aromatic rings. The standard InChI is InChI=1S/C24H37NO2/c1-24(2,21-17-14-18-22-25)20-16-13-11-9-7-5-4-6-8-10-12-15-19-23(26)27-3/h4-5,8-11,16,20H,6-7,12-15,17-19,21H2,1-3H3. The fourth-order valence-corrected chi connectivity index (χ4v) is 2.56. The lowest BCUT2D eigenvalue weighted by atomic mass is 9.86. The zero-order valence-corrected chi connectivity index (χ0v) is 17.5. The van der Waals surface area contributed by atoms with Crippen molar-refractivity contribution in [3.63, 3.8) is 0 Å². The van der Waals surface area contributed by atoms with Crippen molar-refractivity contribution in [2.75, 3.05) is 7.11 Å². The van der Waals surface area contributed by atoms with Crippen LogP contribution in [0.1, 0.15) is 78.1 Å². The maximum absolute atomic E-state index is 10.9. The zero-order valence-electron chi connectivity index (χ0n) is 17.5. The zero-order chi connectivity index (χ0) is 20.2. The topological polar surface area (TPSA) is 50.1 Å². The third kappa shape index (κ3) is 18.5. The number of unbranched alkanes of at least 4 members (excludes halogenated alkanes) is 3. The Balaban J connectivity index is 3.72. The monoisotopic (exact) mass is 371 g/mol. The first kappa shape index (κ1) is 24.9. The van der Waals surface area contributed by atoms with Gasteiger partial charge in [0.25, 0.3) is 0 Å². The van der Waals surface area contributed by atoms with Crippen LogP contribution in [0.2, 0.25) is 0 Å². The average molecular weight is 372 g/mol. The van der Waals surface area contributed by atoms with Crippen molar-refractivity contribution in [2.24, 2.45) is 5.41 Å². The lowest BCUT2D eigenvalue weighted by Crippen LogP contribution is -2.06. The highest BCUT2D eigenvalue weighted by molar-refractivity contribution is 5.69. The minimum Gasteiger partial charge on any atom is -0.469 e. The van der Waals surface area contributed by atoms with Gasteiger partial charge in [-0.15, -0.1) is 0 Å². The Kier molecular flexibility index (Phi) is 16.0. The first-order valence-electron chi connectivity index (χ1n) is 10.1. The lowest BCUT2D eigenvalue weighted by Gasteiger charge is -2.19. The molecule has 27 heavy (non-hydrogen) atoms. The highest BCUT2D eigenvalue weighted by Crippen LogP contribution is 2.25. The van der Waals surface area contributed by atoms with E-state index in [1.807, 2.05) is 0 Å². The highest BCUT2D eigenvalue weighted by atomic mass is 16.5. The Morgan fingerprint density at radius 2 is 1.52 bits per heavy atom. The van der Waals surface area contributed by atoms with Gasteiger partial charge in [0.15, 0.2) is 0 Å². The van der Waals surface area contributed by atoms with Gasteiger partial charge in [-0.3, -0.25) is 4.79 Å². The summed E-state index contributed by atoms with van der Waals surface area (Å²) in [5.74, 6) is -0.135. The van der Waals surface area contributed by atoms with Crippen LogP contribution in [0, 0.1) is 16.7 Å². The molecule has 0 aliphatic rings. The first-order chi connectivity index (χ1) is 13.0. The molecule has 0 N–H and O–H groups in total. The summed E-state index contributed by atoms with van der Waals surface area (Å²) in [4.78, 5) is 10.9. The number of hydrogen-bond acceptors (Lipinski definition) is 3. The van der Waals surface area contributed by atoms with Crippen LogP contribution >= 0.6 is 0 Å². The van der Waals surface area contributed by atoms with Crippen molar-refractivity contribution >= 4 is 5.97 Å². The summed E-state index contributed by atoms with van der Waals surface area (Å²) < 4.78 is 4.60. The van der Waals surface area contributed by atoms with Gasteiger partial charge in [-0.2, -0.15) is 5.26 Å². The van der Waals surface area contributed by atoms with E-state index in [0.29, 0.717) is 12.8 Å². The van der Waals surface area contributed by atoms with Crippen LogP contribution in [0.5, 0.6) is 0 Å². The van der Waals surface area contributed by atoms with Crippen LogP contribution in [0.4, 0.5) is 0 Å². The minimum atomic E-state index is -0.135. The molecule has 0 rings (SSSR count). The van der Waals surface area contributed by atoms with Crippen LogP contribution in [0.15, 0.2) is 48.6 Å². The number of hydrogen-bond donors (Lipinski definition) is 0. The van der Waals surface area contributed by atoms with E-state index >= 15 is 0 Å². The molecule has 0 saturated carbocycles. The third-order valence-corrected chi connectivity index (χ3v) is 4.22. The van der Waals surface area contributed by atoms with Gasteiger partial charge in [0, 0.05) is 12.8 Å². The maximum atomic E-state index is 10.9. The van der Waals surface area contributed by atoms with E-state index in [4.69, 9.17) is 5.26 Å². The number of ether oxygens (including phenoxy) is 1. The molecule has 150 valence electrons. The molecule has 0 aliphatic heterocycles. The fourth-order valence-electron chi connectivity index (χ4n) is 2.56. The Bertz CT molecular complexity index is 533. The first-order valence-corrected chi connectivity index (χ1v) is 10.1. The molecule has 0 unspecified atom stereocenters. The van der Waals surface area contributed by atoms with Crippen LogP contribution in [-0.2, 0) is 9.53 Å². The van der Waals surface area contributed by atoms with Gasteiger partial charge in [0.05, 0.1) is 13.2 Å². The predicted octanol–water partition coefficient (Wildman–Crippen LogP) is 6.83. The molecule has 0 amide bonds. The average Bonchev–Trinajstić information content (AvgIpc) is 2.65. The second-order valence-electron chi connectivity index (χ2n) is 7.35. The molecule has 0 heterocycles. The molecular formula is C24H37NO2. The summed E-state index contributed by atoms with van der Waals surface area (Å²) in [6.45, 7) is 4.51. The van der Waals surface area contributed by atoms with Gasteiger partial charge in [0.1, 0.15) is 0 Å². The van der Waals surface area contributed by atoms with Crippen molar-refractivity contribution < 1.29 is 9.53 Å². The number of rotatable bonds is 15. The Morgan fingerprint density at radius 3 is 2.11 bits per heavy atom. The van der Waals surface area contributed by atoms with Gasteiger partial charge in [0.2, 0.25) is 0 Å². The Labute approximate surface area is 166 Å². The van der Waals surface area contributed by atoms with E-state index in [9.17, 15) is 4.79 Å². The molecule has 0 saturated heterocycles. The van der Waals surface area contributed by atoms with E-state index in [1.54, 1.807) is 0 Å². The van der Waals surface area contributed by atoms with E-state index in [-0.39, 0.29) is 11.4 Å². The van der Waals surface area contributed by atoms with Crippen LogP contribution in [0.25, 0.3) is 0 Å². The Morgan fingerprint density at radius 1 is 0.926 bits per heavy atom. The molecule has 0 aromatic carbocycles. The number of methoxy groups -OCH3 is 1. The van der Waals surface area contributed by atoms with Crippen LogP contribution in [0.3, 0.4) is 0 Å². The van der Waals surface area contributed by atoms with Crippen molar-refractivity contribution in [3.05, 3.63) is 48.6 Å². The number of carbonyl (C=O) groups is 1. The summed E-state index contributed by atoms with van der Waals surface area (Å²) >= 11 is 0. The van der Waals surface area contributed by atoms with E-state index in [2.05, 4.69) is 73.3 Å². The molecule has 0 radical (unpaired) electrons. The summed E-state index contributed by atoms with van der Waals surface area (Å²) in [5, 5.41) is 8.56. The quantitative estimate of drug-likeness (QED) is 0.180. The molecule has 0 fully saturated rings. The summed E-state index contributed by atoms with van der Waals surface area (Å²) in [5.41, 5.74) is 0.215. The number of nitriles is 1. The van der Waals surface area contributed by atoms with E-state index in [0.717, 1.165) is 51.4 Å². The largest absolute Gasteiger partial charge is 0.469 e. The van der Waals surface area contributed by atoms with Gasteiger partial charge >= 0.3 is 5.97 Å². The molecular weight excluding hydrogens is 334 g/mol. The van der Waals surface area contributed by atoms with Gasteiger partial charge < -0.3 is 4.74 Å². The van der Waals surface area contributed by atoms with Gasteiger partial charge in [-0.1, -0.05) is 68.9 Å². The number of nitrogens with zero attached hydrogens (tertiary/aromatic N) is 1. The van der Waals surface area contributed by atoms with Crippen molar-refractivity contribution in [3.8, 4) is 6.07 Å². The van der Waals surface area contributed by atoms with E-state index in [1.165, 1.54) is 7.11 Å². The van der Waals surface area contributed by atoms with Crippen molar-refractivity contribution in [1.82, 2.24) is 0 Å². The smallest absolute Gasteiger partial charge is 0.305 e. The molecule has 0 aliphatic carbocycles. The summed E-state index contributed by atoms with van der Waals surface area (Å²) in [7, 11) is 1.43. The molecule has 0 aromatic heterocycles. The second kappa shape index (κ2) is 17.3. The number of allylic oxidation sites excluding steroid dienone is 8. The lowest BCUT2D eigenvalue weighted by molar-refractivity contribution is -0.140. The van der Waals surface area contributed by atoms with Gasteiger partial charge in [-0.05, 0) is 50.4 Å². The molecule has 0 bridgehead atoms. The van der Waals surface area contributed by atoms with Crippen LogP contribution in [-0.4, -0.2) is 13.1 Å². The van der Waals surface area contributed by atoms with Gasteiger partial charge in [-0.25, -0.2) is 0 Å². The third-order valence-electron chi connectivity index (χ3n) is 4.22. The number of carbonyl (C=O) groups excluding carboxylic acids is 1. The predicted molar refractivity (Wildman–Crippen MR) is 114 cm³/mol. The second-order valence-corrected chi connectivity index (χ2v) is 7.35. The molecule has 0 atom stereocenters. The maximum Gasteiger partial charge on any atom is 0.305 e. The SMILES string of the molecule is COC(=O)CCCC=CCC=CCC=CCC=CC(C)(C)CCCCC#N. The Hall–Kier alpha value is -2.08. The minimum absolute atomic E-state index is 0.135. The fraction of sp³-hybridized carbons (Fsp3) is 0.583. The number of esters is 1. The normalized spacial score (nSPS) is 12.5. The summed E-state index contributed by atoms with van der Waals surface area (Å²) in [6, 6.07) is 2.20. The highest BCUT2D eigenvalue weighted by Gasteiger charge is 2.12. The van der Waals surface area contributed by atoms with Crippen LogP contribution < -0.4 is 0 Å². The molecule has 3 heteroatoms. The van der Waals surface area contributed by atoms with Crippen molar-refractivity contribution in [2.45, 2.75) is 78.1 Å². The van der Waals surface area contributed by atoms with E-state index < -0.39 is 0 Å². The molecule has 0 spiro atoms. The summed E-state index contributed by atoms with van der Waals surface area (Å²) in [6.07, 6.45) is 26.6.